The van der Waals surface area contributed by atoms with Crippen LogP contribution in [0.1, 0.15) is 17.8 Å². The third-order valence-electron chi connectivity index (χ3n) is 5.20. The molecule has 0 saturated carbocycles. The molecule has 0 spiro atoms. The number of methoxy groups -OCH3 is 1. The Hall–Kier alpha value is -1.73. The first-order chi connectivity index (χ1) is 11.4. The minimum absolute atomic E-state index is 0.0669. The normalized spacial score (nSPS) is 26.0. The Kier molecular flexibility index (Phi) is 4.73. The Labute approximate surface area is 141 Å². The highest BCUT2D eigenvalue weighted by atomic mass is 16.5. The molecule has 2 atom stereocenters. The van der Waals surface area contributed by atoms with Crippen molar-refractivity contribution in [2.45, 2.75) is 26.8 Å². The fraction of sp³-hybridized carbons (Fsp3) is 0.706. The minimum atomic E-state index is -0.289. The Bertz CT molecular complexity index is 687. The number of hydrogen-bond acceptors (Lipinski definition) is 5. The van der Waals surface area contributed by atoms with Crippen molar-refractivity contribution in [2.75, 3.05) is 40.0 Å². The zero-order chi connectivity index (χ0) is 17.3. The van der Waals surface area contributed by atoms with Crippen LogP contribution in [-0.4, -0.2) is 60.4 Å². The van der Waals surface area contributed by atoms with Crippen LogP contribution in [-0.2, 0) is 20.8 Å². The summed E-state index contributed by atoms with van der Waals surface area (Å²) < 4.78 is 12.5. The van der Waals surface area contributed by atoms with Crippen LogP contribution >= 0.6 is 0 Å². The second kappa shape index (κ2) is 6.64. The number of rotatable bonds is 5. The lowest BCUT2D eigenvalue weighted by molar-refractivity contribution is -0.131. The first kappa shape index (κ1) is 17.1. The van der Waals surface area contributed by atoms with Gasteiger partial charge in [0.25, 0.3) is 0 Å². The fourth-order valence-corrected chi connectivity index (χ4v) is 3.93. The molecule has 1 aromatic heterocycles. The number of ether oxygens (including phenoxy) is 2. The molecule has 0 aromatic carbocycles. The lowest BCUT2D eigenvalue weighted by Crippen LogP contribution is -2.37. The van der Waals surface area contributed by atoms with E-state index in [2.05, 4.69) is 4.98 Å². The zero-order valence-corrected chi connectivity index (χ0v) is 14.6. The summed E-state index contributed by atoms with van der Waals surface area (Å²) in [4.78, 5) is 30.4. The van der Waals surface area contributed by atoms with Gasteiger partial charge in [-0.1, -0.05) is 0 Å². The Morgan fingerprint density at radius 3 is 3.00 bits per heavy atom. The summed E-state index contributed by atoms with van der Waals surface area (Å²) in [6.07, 6.45) is 0.308. The smallest absolute Gasteiger partial charge is 0.347 e. The topological polar surface area (TPSA) is 73.7 Å². The maximum absolute atomic E-state index is 12.6. The monoisotopic (exact) mass is 335 g/mol. The van der Waals surface area contributed by atoms with Crippen molar-refractivity contribution in [1.82, 2.24) is 14.5 Å². The van der Waals surface area contributed by atoms with Crippen LogP contribution in [0.2, 0.25) is 0 Å². The van der Waals surface area contributed by atoms with Gasteiger partial charge in [0.1, 0.15) is 0 Å². The SMILES string of the molecule is COC[C@@]12COC[C@@H]1CN(C(=O)CCn1c(C)cc(C)nc1=O)C2. The third kappa shape index (κ3) is 3.10. The number of hydrogen-bond donors (Lipinski definition) is 0. The Morgan fingerprint density at radius 1 is 1.50 bits per heavy atom. The number of likely N-dealkylation sites (tertiary alicyclic amines) is 1. The first-order valence-electron chi connectivity index (χ1n) is 8.35. The summed E-state index contributed by atoms with van der Waals surface area (Å²) in [6, 6.07) is 1.86. The van der Waals surface area contributed by atoms with E-state index in [-0.39, 0.29) is 17.0 Å². The van der Waals surface area contributed by atoms with Crippen molar-refractivity contribution >= 4 is 5.91 Å². The molecule has 7 heteroatoms. The molecule has 0 bridgehead atoms. The average Bonchev–Trinajstić information content (AvgIpc) is 3.03. The van der Waals surface area contributed by atoms with Crippen molar-refractivity contribution in [3.05, 3.63) is 27.9 Å². The summed E-state index contributed by atoms with van der Waals surface area (Å²) in [5.74, 6) is 0.415. The van der Waals surface area contributed by atoms with Crippen LogP contribution < -0.4 is 5.69 Å². The highest BCUT2D eigenvalue weighted by molar-refractivity contribution is 5.76. The standard InChI is InChI=1S/C17H25N3O4/c1-12-6-13(2)20(16(22)18-12)5-4-15(21)19-7-14-8-24-11-17(14,9-19)10-23-3/h6,14H,4-5,7-11H2,1-3H3/t14-,17-/m0/s1. The minimum Gasteiger partial charge on any atom is -0.384 e. The van der Waals surface area contributed by atoms with E-state index in [1.165, 1.54) is 0 Å². The summed E-state index contributed by atoms with van der Waals surface area (Å²) in [5, 5.41) is 0. The maximum atomic E-state index is 12.6. The molecule has 7 nitrogen and oxygen atoms in total. The van der Waals surface area contributed by atoms with Crippen molar-refractivity contribution in [1.29, 1.82) is 0 Å². The summed E-state index contributed by atoms with van der Waals surface area (Å²) >= 11 is 0. The van der Waals surface area contributed by atoms with Crippen LogP contribution in [0, 0.1) is 25.2 Å². The molecule has 132 valence electrons. The maximum Gasteiger partial charge on any atom is 0.347 e. The van der Waals surface area contributed by atoms with Gasteiger partial charge in [-0.25, -0.2) is 4.79 Å². The molecule has 3 heterocycles. The van der Waals surface area contributed by atoms with Gasteiger partial charge in [-0.2, -0.15) is 4.98 Å². The number of carbonyl (C=O) groups excluding carboxylic acids is 1. The molecule has 2 saturated heterocycles. The molecule has 1 amide bonds. The van der Waals surface area contributed by atoms with E-state index < -0.39 is 0 Å². The molecule has 24 heavy (non-hydrogen) atoms. The number of carbonyl (C=O) groups is 1. The molecular weight excluding hydrogens is 310 g/mol. The molecule has 1 aromatic rings. The van der Waals surface area contributed by atoms with Crippen LogP contribution in [0.4, 0.5) is 0 Å². The van der Waals surface area contributed by atoms with E-state index in [1.54, 1.807) is 18.6 Å². The molecule has 2 aliphatic heterocycles. The van der Waals surface area contributed by atoms with Crippen LogP contribution in [0.3, 0.4) is 0 Å². The van der Waals surface area contributed by atoms with Crippen molar-refractivity contribution in [2.24, 2.45) is 11.3 Å². The number of fused-ring (bicyclic) bond motifs is 1. The second-order valence-corrected chi connectivity index (χ2v) is 7.00. The summed E-state index contributed by atoms with van der Waals surface area (Å²) in [5.41, 5.74) is 1.18. The van der Waals surface area contributed by atoms with Gasteiger partial charge < -0.3 is 14.4 Å². The van der Waals surface area contributed by atoms with Gasteiger partial charge in [-0.05, 0) is 19.9 Å². The van der Waals surface area contributed by atoms with Gasteiger partial charge in [-0.3, -0.25) is 9.36 Å². The average molecular weight is 335 g/mol. The predicted octanol–water partition coefficient (Wildman–Crippen LogP) is 0.372. The van der Waals surface area contributed by atoms with E-state index in [9.17, 15) is 9.59 Å². The van der Waals surface area contributed by atoms with Crippen LogP contribution in [0.15, 0.2) is 10.9 Å². The molecule has 2 fully saturated rings. The first-order valence-corrected chi connectivity index (χ1v) is 8.35. The predicted molar refractivity (Wildman–Crippen MR) is 87.8 cm³/mol. The molecular formula is C17H25N3O4. The van der Waals surface area contributed by atoms with E-state index >= 15 is 0 Å². The third-order valence-corrected chi connectivity index (χ3v) is 5.20. The lowest BCUT2D eigenvalue weighted by Gasteiger charge is -2.26. The van der Waals surface area contributed by atoms with Crippen molar-refractivity contribution in [3.63, 3.8) is 0 Å². The van der Waals surface area contributed by atoms with Gasteiger partial charge in [0.15, 0.2) is 0 Å². The molecule has 2 aliphatic rings. The van der Waals surface area contributed by atoms with E-state index in [0.29, 0.717) is 57.5 Å². The molecule has 0 aliphatic carbocycles. The number of amides is 1. The molecule has 0 radical (unpaired) electrons. The number of aryl methyl sites for hydroxylation is 2. The van der Waals surface area contributed by atoms with Crippen molar-refractivity contribution < 1.29 is 14.3 Å². The van der Waals surface area contributed by atoms with Crippen LogP contribution in [0.25, 0.3) is 0 Å². The van der Waals surface area contributed by atoms with E-state index in [0.717, 1.165) is 5.69 Å². The highest BCUT2D eigenvalue weighted by Crippen LogP contribution is 2.41. The Balaban J connectivity index is 1.64. The van der Waals surface area contributed by atoms with Gasteiger partial charge >= 0.3 is 5.69 Å². The van der Waals surface area contributed by atoms with Gasteiger partial charge in [-0.15, -0.1) is 0 Å². The summed E-state index contributed by atoms with van der Waals surface area (Å²) in [7, 11) is 1.69. The lowest BCUT2D eigenvalue weighted by atomic mass is 9.82. The molecule has 0 unspecified atom stereocenters. The van der Waals surface area contributed by atoms with Crippen molar-refractivity contribution in [3.8, 4) is 0 Å². The quantitative estimate of drug-likeness (QED) is 0.777. The summed E-state index contributed by atoms with van der Waals surface area (Å²) in [6.45, 7) is 7.36. The molecule has 0 N–H and O–H groups in total. The van der Waals surface area contributed by atoms with Crippen LogP contribution in [0.5, 0.6) is 0 Å². The largest absolute Gasteiger partial charge is 0.384 e. The van der Waals surface area contributed by atoms with E-state index in [1.807, 2.05) is 17.9 Å². The molecule has 3 rings (SSSR count). The fourth-order valence-electron chi connectivity index (χ4n) is 3.93. The Morgan fingerprint density at radius 2 is 2.29 bits per heavy atom. The zero-order valence-electron chi connectivity index (χ0n) is 14.6. The van der Waals surface area contributed by atoms with Gasteiger partial charge in [0.2, 0.25) is 5.91 Å². The van der Waals surface area contributed by atoms with Gasteiger partial charge in [0, 0.05) is 55.9 Å². The highest BCUT2D eigenvalue weighted by Gasteiger charge is 2.51. The second-order valence-electron chi connectivity index (χ2n) is 7.00. The van der Waals surface area contributed by atoms with E-state index in [4.69, 9.17) is 9.47 Å². The number of nitrogens with zero attached hydrogens (tertiary/aromatic N) is 3. The number of aromatic nitrogens is 2. The van der Waals surface area contributed by atoms with Gasteiger partial charge in [0.05, 0.1) is 19.8 Å².